The van der Waals surface area contributed by atoms with Crippen LogP contribution in [0.2, 0.25) is 0 Å². The van der Waals surface area contributed by atoms with Gasteiger partial charge in [-0.3, -0.25) is 4.21 Å². The summed E-state index contributed by atoms with van der Waals surface area (Å²) < 4.78 is 33.4. The van der Waals surface area contributed by atoms with Crippen molar-refractivity contribution in [2.24, 2.45) is 0 Å². The number of nitrogens with one attached hydrogen (secondary N) is 1. The summed E-state index contributed by atoms with van der Waals surface area (Å²) in [5, 5.41) is 3.37. The number of rotatable bonds is 9. The summed E-state index contributed by atoms with van der Waals surface area (Å²) in [7, 11) is -3.59. The van der Waals surface area contributed by atoms with Gasteiger partial charge in [-0.05, 0) is 25.9 Å². The van der Waals surface area contributed by atoms with Crippen molar-refractivity contribution in [3.63, 3.8) is 0 Å². The standard InChI is InChI=1S/C10H23NO3S2/c1-4-16(13,14)9-5-7-11-8-6-10(2)15(3)12/h10-11H,4-9H2,1-3H3. The summed E-state index contributed by atoms with van der Waals surface area (Å²) >= 11 is 0. The van der Waals surface area contributed by atoms with Crippen LogP contribution < -0.4 is 5.32 Å². The fraction of sp³-hybridized carbons (Fsp3) is 1.00. The van der Waals surface area contributed by atoms with Gasteiger partial charge in [0, 0.05) is 28.1 Å². The van der Waals surface area contributed by atoms with Crippen LogP contribution in [0.15, 0.2) is 0 Å². The molecule has 0 amide bonds. The molecular weight excluding hydrogens is 246 g/mol. The molecule has 0 aliphatic heterocycles. The van der Waals surface area contributed by atoms with Crippen molar-refractivity contribution >= 4 is 20.6 Å². The SMILES string of the molecule is CCS(=O)(=O)CCCNCCC(C)S(C)=O. The Morgan fingerprint density at radius 3 is 2.44 bits per heavy atom. The highest BCUT2D eigenvalue weighted by Crippen LogP contribution is 1.97. The lowest BCUT2D eigenvalue weighted by atomic mass is 10.3. The molecular formula is C10H23NO3S2. The van der Waals surface area contributed by atoms with Gasteiger partial charge in [0.1, 0.15) is 9.84 Å². The molecule has 2 atom stereocenters. The van der Waals surface area contributed by atoms with Gasteiger partial charge in [0.15, 0.2) is 0 Å². The van der Waals surface area contributed by atoms with Crippen LogP contribution in [0.3, 0.4) is 0 Å². The van der Waals surface area contributed by atoms with E-state index >= 15 is 0 Å². The predicted octanol–water partition coefficient (Wildman–Crippen LogP) is 0.558. The van der Waals surface area contributed by atoms with E-state index in [4.69, 9.17) is 0 Å². The summed E-state index contributed by atoms with van der Waals surface area (Å²) in [4.78, 5) is 0. The van der Waals surface area contributed by atoms with E-state index in [9.17, 15) is 12.6 Å². The van der Waals surface area contributed by atoms with Gasteiger partial charge in [-0.2, -0.15) is 0 Å². The Morgan fingerprint density at radius 2 is 1.94 bits per heavy atom. The van der Waals surface area contributed by atoms with Gasteiger partial charge < -0.3 is 5.32 Å². The van der Waals surface area contributed by atoms with Crippen LogP contribution in [-0.2, 0) is 20.6 Å². The first kappa shape index (κ1) is 16.1. The van der Waals surface area contributed by atoms with E-state index in [2.05, 4.69) is 5.32 Å². The minimum atomic E-state index is -2.83. The van der Waals surface area contributed by atoms with E-state index in [1.807, 2.05) is 6.92 Å². The highest BCUT2D eigenvalue weighted by Gasteiger charge is 2.07. The molecule has 0 radical (unpaired) electrons. The van der Waals surface area contributed by atoms with Crippen molar-refractivity contribution in [1.29, 1.82) is 0 Å². The van der Waals surface area contributed by atoms with Crippen molar-refractivity contribution in [3.8, 4) is 0 Å². The maximum absolute atomic E-state index is 11.2. The van der Waals surface area contributed by atoms with E-state index in [-0.39, 0.29) is 16.8 Å². The zero-order chi connectivity index (χ0) is 12.6. The van der Waals surface area contributed by atoms with Crippen LogP contribution in [0.1, 0.15) is 26.7 Å². The maximum atomic E-state index is 11.2. The molecule has 0 aromatic carbocycles. The van der Waals surface area contributed by atoms with Crippen molar-refractivity contribution < 1.29 is 12.6 Å². The third kappa shape index (κ3) is 8.24. The molecule has 98 valence electrons. The van der Waals surface area contributed by atoms with Crippen molar-refractivity contribution in [2.75, 3.05) is 30.9 Å². The second-order valence-electron chi connectivity index (χ2n) is 3.94. The van der Waals surface area contributed by atoms with Crippen LogP contribution in [0.25, 0.3) is 0 Å². The van der Waals surface area contributed by atoms with Gasteiger partial charge in [-0.1, -0.05) is 13.8 Å². The quantitative estimate of drug-likeness (QED) is 0.621. The van der Waals surface area contributed by atoms with Gasteiger partial charge in [0.2, 0.25) is 0 Å². The Bertz CT molecular complexity index is 301. The van der Waals surface area contributed by atoms with Crippen LogP contribution >= 0.6 is 0 Å². The van der Waals surface area contributed by atoms with Crippen LogP contribution in [0.5, 0.6) is 0 Å². The first-order valence-electron chi connectivity index (χ1n) is 5.62. The average molecular weight is 269 g/mol. The predicted molar refractivity (Wildman–Crippen MR) is 70.0 cm³/mol. The number of hydrogen-bond donors (Lipinski definition) is 1. The first-order valence-corrected chi connectivity index (χ1v) is 9.06. The Labute approximate surface area is 102 Å². The molecule has 16 heavy (non-hydrogen) atoms. The molecule has 4 nitrogen and oxygen atoms in total. The fourth-order valence-electron chi connectivity index (χ4n) is 1.16. The number of hydrogen-bond acceptors (Lipinski definition) is 4. The third-order valence-corrected chi connectivity index (χ3v) is 5.70. The second-order valence-corrected chi connectivity index (χ2v) is 8.21. The Hall–Kier alpha value is 0.0600. The van der Waals surface area contributed by atoms with Gasteiger partial charge in [-0.15, -0.1) is 0 Å². The van der Waals surface area contributed by atoms with E-state index in [0.717, 1.165) is 13.0 Å². The molecule has 0 aromatic rings. The maximum Gasteiger partial charge on any atom is 0.150 e. The summed E-state index contributed by atoms with van der Waals surface area (Å²) in [6, 6.07) is 0. The van der Waals surface area contributed by atoms with Gasteiger partial charge in [0.05, 0.1) is 5.75 Å². The topological polar surface area (TPSA) is 63.2 Å². The summed E-state index contributed by atoms with van der Waals surface area (Å²) in [5.74, 6) is 0.477. The van der Waals surface area contributed by atoms with Crippen LogP contribution in [0.4, 0.5) is 0 Å². The molecule has 0 heterocycles. The van der Waals surface area contributed by atoms with Crippen molar-refractivity contribution in [3.05, 3.63) is 0 Å². The van der Waals surface area contributed by atoms with Gasteiger partial charge in [-0.25, -0.2) is 8.42 Å². The Morgan fingerprint density at radius 1 is 1.31 bits per heavy atom. The molecule has 0 aliphatic carbocycles. The zero-order valence-electron chi connectivity index (χ0n) is 10.4. The molecule has 0 saturated carbocycles. The van der Waals surface area contributed by atoms with Crippen LogP contribution in [-0.4, -0.2) is 48.7 Å². The fourth-order valence-corrected chi connectivity index (χ4v) is 2.48. The summed E-state index contributed by atoms with van der Waals surface area (Å²) in [6.07, 6.45) is 3.22. The molecule has 6 heteroatoms. The molecule has 0 bridgehead atoms. The minimum absolute atomic E-state index is 0.201. The Balaban J connectivity index is 3.45. The first-order chi connectivity index (χ1) is 7.39. The monoisotopic (exact) mass is 269 g/mol. The van der Waals surface area contributed by atoms with E-state index < -0.39 is 20.6 Å². The smallest absolute Gasteiger partial charge is 0.150 e. The normalized spacial score (nSPS) is 15.9. The van der Waals surface area contributed by atoms with Crippen molar-refractivity contribution in [1.82, 2.24) is 5.32 Å². The molecule has 0 saturated heterocycles. The lowest BCUT2D eigenvalue weighted by Crippen LogP contribution is -2.23. The molecule has 0 rings (SSSR count). The lowest BCUT2D eigenvalue weighted by Gasteiger charge is -2.09. The molecule has 0 aliphatic rings. The van der Waals surface area contributed by atoms with E-state index in [1.165, 1.54) is 0 Å². The third-order valence-electron chi connectivity index (χ3n) is 2.54. The summed E-state index contributed by atoms with van der Waals surface area (Å²) in [6.45, 7) is 5.13. The molecule has 0 fully saturated rings. The van der Waals surface area contributed by atoms with Gasteiger partial charge >= 0.3 is 0 Å². The highest BCUT2D eigenvalue weighted by atomic mass is 32.2. The molecule has 1 N–H and O–H groups in total. The number of sulfone groups is 1. The van der Waals surface area contributed by atoms with E-state index in [1.54, 1.807) is 13.2 Å². The van der Waals surface area contributed by atoms with Gasteiger partial charge in [0.25, 0.3) is 0 Å². The average Bonchev–Trinajstić information content (AvgIpc) is 2.22. The second kappa shape index (κ2) is 8.20. The lowest BCUT2D eigenvalue weighted by molar-refractivity contribution is 0.587. The minimum Gasteiger partial charge on any atom is -0.317 e. The van der Waals surface area contributed by atoms with Crippen LogP contribution in [0, 0.1) is 0 Å². The molecule has 0 spiro atoms. The molecule has 2 unspecified atom stereocenters. The summed E-state index contributed by atoms with van der Waals surface area (Å²) in [5.41, 5.74) is 0. The Kier molecular flexibility index (Phi) is 8.23. The van der Waals surface area contributed by atoms with E-state index in [0.29, 0.717) is 13.0 Å². The molecule has 0 aromatic heterocycles. The van der Waals surface area contributed by atoms with Crippen molar-refractivity contribution in [2.45, 2.75) is 31.9 Å². The zero-order valence-corrected chi connectivity index (χ0v) is 12.0. The highest BCUT2D eigenvalue weighted by molar-refractivity contribution is 7.91. The largest absolute Gasteiger partial charge is 0.317 e.